The Morgan fingerprint density at radius 1 is 1.00 bits per heavy atom. The van der Waals surface area contributed by atoms with Crippen molar-refractivity contribution in [2.75, 3.05) is 5.32 Å². The lowest BCUT2D eigenvalue weighted by molar-refractivity contribution is 0.411. The molecule has 2 rings (SSSR count). The lowest BCUT2D eigenvalue weighted by Crippen LogP contribution is -2.33. The normalized spacial score (nSPS) is 24.7. The Hall–Kier alpha value is -1.02. The topological polar surface area (TPSA) is 38.0 Å². The fourth-order valence-electron chi connectivity index (χ4n) is 2.60. The van der Waals surface area contributed by atoms with Crippen LogP contribution in [0.2, 0.25) is 0 Å². The van der Waals surface area contributed by atoms with Crippen molar-refractivity contribution < 1.29 is 0 Å². The van der Waals surface area contributed by atoms with Gasteiger partial charge in [-0.25, -0.2) is 0 Å². The van der Waals surface area contributed by atoms with Gasteiger partial charge in [0.2, 0.25) is 0 Å². The Balaban J connectivity index is 2.06. The summed E-state index contributed by atoms with van der Waals surface area (Å²) in [6, 6.07) is 5.45. The first-order valence-electron chi connectivity index (χ1n) is 6.67. The number of nitrogens with two attached hydrogens (primary N) is 1. The van der Waals surface area contributed by atoms with Gasteiger partial charge in [-0.2, -0.15) is 0 Å². The molecule has 0 bridgehead atoms. The summed E-state index contributed by atoms with van der Waals surface area (Å²) in [4.78, 5) is 0. The predicted molar refractivity (Wildman–Crippen MR) is 74.5 cm³/mol. The van der Waals surface area contributed by atoms with Crippen LogP contribution in [-0.4, -0.2) is 12.1 Å². The molecule has 0 atom stereocenters. The molecule has 1 aliphatic carbocycles. The van der Waals surface area contributed by atoms with Crippen LogP contribution in [0.4, 0.5) is 5.69 Å². The van der Waals surface area contributed by atoms with Crippen molar-refractivity contribution in [2.45, 2.75) is 58.5 Å². The third kappa shape index (κ3) is 2.81. The van der Waals surface area contributed by atoms with E-state index in [9.17, 15) is 0 Å². The maximum Gasteiger partial charge on any atom is 0.0374 e. The Labute approximate surface area is 105 Å². The third-order valence-electron chi connectivity index (χ3n) is 4.19. The number of hydrogen-bond donors (Lipinski definition) is 2. The van der Waals surface area contributed by atoms with E-state index in [1.165, 1.54) is 35.2 Å². The molecule has 0 unspecified atom stereocenters. The molecule has 0 amide bonds. The smallest absolute Gasteiger partial charge is 0.0374 e. The highest BCUT2D eigenvalue weighted by atomic mass is 14.9. The zero-order chi connectivity index (χ0) is 12.4. The predicted octanol–water partition coefficient (Wildman–Crippen LogP) is 3.29. The Bertz CT molecular complexity index is 390. The van der Waals surface area contributed by atoms with Gasteiger partial charge in [0.15, 0.2) is 0 Å². The van der Waals surface area contributed by atoms with Crippen LogP contribution in [0.15, 0.2) is 12.1 Å². The third-order valence-corrected chi connectivity index (χ3v) is 4.19. The molecule has 0 spiro atoms. The average Bonchev–Trinajstić information content (AvgIpc) is 2.33. The number of hydrogen-bond acceptors (Lipinski definition) is 2. The van der Waals surface area contributed by atoms with Gasteiger partial charge in [-0.1, -0.05) is 6.07 Å². The Morgan fingerprint density at radius 2 is 1.65 bits per heavy atom. The molecule has 1 saturated carbocycles. The van der Waals surface area contributed by atoms with Crippen LogP contribution < -0.4 is 11.1 Å². The minimum absolute atomic E-state index is 0.425. The zero-order valence-electron chi connectivity index (χ0n) is 11.2. The number of nitrogens with one attached hydrogen (secondary N) is 1. The standard InChI is InChI=1S/C15H24N2/c1-10-4-9-15(12(3)11(10)2)17-14-7-5-13(16)6-8-14/h4,9,13-14,17H,5-8,16H2,1-3H3. The molecule has 0 radical (unpaired) electrons. The van der Waals surface area contributed by atoms with E-state index in [2.05, 4.69) is 38.2 Å². The highest BCUT2D eigenvalue weighted by molar-refractivity contribution is 5.56. The summed E-state index contributed by atoms with van der Waals surface area (Å²) in [6.45, 7) is 6.58. The largest absolute Gasteiger partial charge is 0.382 e. The molecule has 1 aliphatic rings. The van der Waals surface area contributed by atoms with Gasteiger partial charge in [-0.05, 0) is 69.2 Å². The monoisotopic (exact) mass is 232 g/mol. The fourth-order valence-corrected chi connectivity index (χ4v) is 2.60. The van der Waals surface area contributed by atoms with Gasteiger partial charge in [-0.15, -0.1) is 0 Å². The Morgan fingerprint density at radius 3 is 2.29 bits per heavy atom. The van der Waals surface area contributed by atoms with Crippen molar-refractivity contribution >= 4 is 5.69 Å². The van der Waals surface area contributed by atoms with Crippen molar-refractivity contribution in [1.82, 2.24) is 0 Å². The SMILES string of the molecule is Cc1ccc(NC2CCC(N)CC2)c(C)c1C. The molecule has 94 valence electrons. The van der Waals surface area contributed by atoms with Gasteiger partial charge in [-0.3, -0.25) is 0 Å². The van der Waals surface area contributed by atoms with Crippen LogP contribution in [0, 0.1) is 20.8 Å². The van der Waals surface area contributed by atoms with Crippen LogP contribution in [0.5, 0.6) is 0 Å². The molecular formula is C15H24N2. The summed E-state index contributed by atoms with van der Waals surface area (Å²) < 4.78 is 0. The summed E-state index contributed by atoms with van der Waals surface area (Å²) >= 11 is 0. The van der Waals surface area contributed by atoms with E-state index in [-0.39, 0.29) is 0 Å². The summed E-state index contributed by atoms with van der Waals surface area (Å²) in [7, 11) is 0. The van der Waals surface area contributed by atoms with Crippen LogP contribution in [0.3, 0.4) is 0 Å². The van der Waals surface area contributed by atoms with Crippen LogP contribution in [0.1, 0.15) is 42.4 Å². The molecule has 0 saturated heterocycles. The van der Waals surface area contributed by atoms with E-state index in [4.69, 9.17) is 5.73 Å². The summed E-state index contributed by atoms with van der Waals surface area (Å²) in [5, 5.41) is 3.68. The quantitative estimate of drug-likeness (QED) is 0.821. The molecule has 3 N–H and O–H groups in total. The highest BCUT2D eigenvalue weighted by Gasteiger charge is 2.18. The molecule has 0 aromatic heterocycles. The van der Waals surface area contributed by atoms with E-state index in [0.717, 1.165) is 12.8 Å². The molecule has 2 heteroatoms. The summed E-state index contributed by atoms with van der Waals surface area (Å²) in [5.41, 5.74) is 11.4. The maximum atomic E-state index is 5.94. The van der Waals surface area contributed by atoms with Crippen molar-refractivity contribution in [3.05, 3.63) is 28.8 Å². The van der Waals surface area contributed by atoms with Gasteiger partial charge in [0.25, 0.3) is 0 Å². The van der Waals surface area contributed by atoms with E-state index in [0.29, 0.717) is 12.1 Å². The first-order valence-corrected chi connectivity index (χ1v) is 6.67. The second-order valence-corrected chi connectivity index (χ2v) is 5.44. The molecule has 2 nitrogen and oxygen atoms in total. The van der Waals surface area contributed by atoms with Crippen LogP contribution in [0.25, 0.3) is 0 Å². The van der Waals surface area contributed by atoms with E-state index < -0.39 is 0 Å². The van der Waals surface area contributed by atoms with Crippen molar-refractivity contribution in [3.8, 4) is 0 Å². The van der Waals surface area contributed by atoms with Gasteiger partial charge < -0.3 is 11.1 Å². The second kappa shape index (κ2) is 5.09. The molecule has 0 heterocycles. The summed E-state index contributed by atoms with van der Waals surface area (Å²) in [5.74, 6) is 0. The molecule has 1 aromatic rings. The second-order valence-electron chi connectivity index (χ2n) is 5.44. The number of benzene rings is 1. The molecule has 1 aromatic carbocycles. The van der Waals surface area contributed by atoms with E-state index in [1.54, 1.807) is 0 Å². The molecule has 0 aliphatic heterocycles. The van der Waals surface area contributed by atoms with Crippen LogP contribution in [-0.2, 0) is 0 Å². The van der Waals surface area contributed by atoms with Gasteiger partial charge in [0, 0.05) is 17.8 Å². The fraction of sp³-hybridized carbons (Fsp3) is 0.600. The molecule has 17 heavy (non-hydrogen) atoms. The number of anilines is 1. The highest BCUT2D eigenvalue weighted by Crippen LogP contribution is 2.26. The van der Waals surface area contributed by atoms with Crippen LogP contribution >= 0.6 is 0 Å². The minimum atomic E-state index is 0.425. The lowest BCUT2D eigenvalue weighted by atomic mass is 9.91. The molecule has 1 fully saturated rings. The minimum Gasteiger partial charge on any atom is -0.382 e. The van der Waals surface area contributed by atoms with Gasteiger partial charge >= 0.3 is 0 Å². The Kier molecular flexibility index (Phi) is 3.72. The average molecular weight is 232 g/mol. The lowest BCUT2D eigenvalue weighted by Gasteiger charge is -2.28. The van der Waals surface area contributed by atoms with Crippen molar-refractivity contribution in [1.29, 1.82) is 0 Å². The van der Waals surface area contributed by atoms with Gasteiger partial charge in [0.1, 0.15) is 0 Å². The van der Waals surface area contributed by atoms with Crippen molar-refractivity contribution in [3.63, 3.8) is 0 Å². The molecular weight excluding hydrogens is 208 g/mol. The first-order chi connectivity index (χ1) is 8.08. The van der Waals surface area contributed by atoms with Gasteiger partial charge in [0.05, 0.1) is 0 Å². The summed E-state index contributed by atoms with van der Waals surface area (Å²) in [6.07, 6.45) is 4.71. The maximum absolute atomic E-state index is 5.94. The number of aryl methyl sites for hydroxylation is 1. The zero-order valence-corrected chi connectivity index (χ0v) is 11.2. The van der Waals surface area contributed by atoms with Crippen molar-refractivity contribution in [2.24, 2.45) is 5.73 Å². The van der Waals surface area contributed by atoms with E-state index in [1.807, 2.05) is 0 Å². The first kappa shape index (κ1) is 12.4. The van der Waals surface area contributed by atoms with E-state index >= 15 is 0 Å². The number of rotatable bonds is 2.